The molecular weight excluding hydrogens is 156 g/mol. The van der Waals surface area contributed by atoms with E-state index in [9.17, 15) is 0 Å². The molecule has 0 heterocycles. The fraction of sp³-hybridized carbons (Fsp3) is 1.00. The summed E-state index contributed by atoms with van der Waals surface area (Å²) in [7, 11) is 5.24. The van der Waals surface area contributed by atoms with Gasteiger partial charge in [0.1, 0.15) is 0 Å². The van der Waals surface area contributed by atoms with E-state index in [-0.39, 0.29) is 0 Å². The van der Waals surface area contributed by atoms with Gasteiger partial charge in [-0.15, -0.1) is 0 Å². The number of ether oxygens (including phenoxy) is 3. The SMILES string of the molecule is COC1CC(OC)CC(OC)C1. The lowest BCUT2D eigenvalue weighted by Crippen LogP contribution is -2.35. The van der Waals surface area contributed by atoms with Crippen molar-refractivity contribution in [2.75, 3.05) is 21.3 Å². The predicted octanol–water partition coefficient (Wildman–Crippen LogP) is 1.22. The van der Waals surface area contributed by atoms with Crippen molar-refractivity contribution >= 4 is 0 Å². The molecule has 0 aliphatic heterocycles. The molecule has 0 saturated heterocycles. The van der Waals surface area contributed by atoms with Crippen LogP contribution < -0.4 is 0 Å². The molecule has 12 heavy (non-hydrogen) atoms. The smallest absolute Gasteiger partial charge is 0.0620 e. The third-order valence-corrected chi connectivity index (χ3v) is 2.58. The molecule has 0 amide bonds. The fourth-order valence-corrected chi connectivity index (χ4v) is 1.75. The summed E-state index contributed by atoms with van der Waals surface area (Å²) in [6, 6.07) is 0. The minimum atomic E-state index is 0.300. The predicted molar refractivity (Wildman–Crippen MR) is 46.2 cm³/mol. The fourth-order valence-electron chi connectivity index (χ4n) is 1.75. The Hall–Kier alpha value is -0.120. The highest BCUT2D eigenvalue weighted by atomic mass is 16.5. The van der Waals surface area contributed by atoms with Crippen LogP contribution in [0.5, 0.6) is 0 Å². The molecule has 1 aliphatic carbocycles. The van der Waals surface area contributed by atoms with E-state index in [1.807, 2.05) is 0 Å². The van der Waals surface area contributed by atoms with E-state index in [4.69, 9.17) is 14.2 Å². The van der Waals surface area contributed by atoms with Gasteiger partial charge in [0.2, 0.25) is 0 Å². The molecule has 3 heteroatoms. The zero-order valence-corrected chi connectivity index (χ0v) is 8.08. The zero-order chi connectivity index (χ0) is 8.97. The van der Waals surface area contributed by atoms with Crippen molar-refractivity contribution in [1.29, 1.82) is 0 Å². The summed E-state index contributed by atoms with van der Waals surface area (Å²) in [6.07, 6.45) is 3.88. The monoisotopic (exact) mass is 174 g/mol. The van der Waals surface area contributed by atoms with Gasteiger partial charge in [0.05, 0.1) is 18.3 Å². The van der Waals surface area contributed by atoms with Gasteiger partial charge in [-0.05, 0) is 19.3 Å². The first-order chi connectivity index (χ1) is 5.80. The van der Waals surface area contributed by atoms with E-state index in [2.05, 4.69) is 0 Å². The Morgan fingerprint density at radius 3 is 1.08 bits per heavy atom. The maximum absolute atomic E-state index is 5.30. The topological polar surface area (TPSA) is 27.7 Å². The molecule has 72 valence electrons. The van der Waals surface area contributed by atoms with E-state index in [1.54, 1.807) is 21.3 Å². The first-order valence-electron chi connectivity index (χ1n) is 4.38. The average Bonchev–Trinajstić information content (AvgIpc) is 2.16. The van der Waals surface area contributed by atoms with E-state index >= 15 is 0 Å². The Kier molecular flexibility index (Phi) is 3.98. The third kappa shape index (κ3) is 2.44. The minimum absolute atomic E-state index is 0.300. The van der Waals surface area contributed by atoms with Crippen LogP contribution in [0.15, 0.2) is 0 Å². The molecule has 1 rings (SSSR count). The molecule has 0 aromatic carbocycles. The van der Waals surface area contributed by atoms with Gasteiger partial charge in [0, 0.05) is 21.3 Å². The molecule has 0 atom stereocenters. The van der Waals surface area contributed by atoms with Crippen molar-refractivity contribution in [2.45, 2.75) is 37.6 Å². The molecule has 0 N–H and O–H groups in total. The van der Waals surface area contributed by atoms with Crippen molar-refractivity contribution in [3.63, 3.8) is 0 Å². The summed E-state index contributed by atoms with van der Waals surface area (Å²) >= 11 is 0. The summed E-state index contributed by atoms with van der Waals surface area (Å²) in [5.41, 5.74) is 0. The molecular formula is C9H18O3. The number of hydrogen-bond acceptors (Lipinski definition) is 3. The van der Waals surface area contributed by atoms with Crippen molar-refractivity contribution in [1.82, 2.24) is 0 Å². The highest BCUT2D eigenvalue weighted by molar-refractivity contribution is 4.80. The molecule has 1 fully saturated rings. The van der Waals surface area contributed by atoms with Gasteiger partial charge >= 0.3 is 0 Å². The standard InChI is InChI=1S/C9H18O3/c1-10-7-4-8(11-2)6-9(5-7)12-3/h7-9H,4-6H2,1-3H3. The summed E-state index contributed by atoms with van der Waals surface area (Å²) in [5.74, 6) is 0. The van der Waals surface area contributed by atoms with Crippen molar-refractivity contribution in [3.05, 3.63) is 0 Å². The normalized spacial score (nSPS) is 36.8. The van der Waals surface area contributed by atoms with Gasteiger partial charge < -0.3 is 14.2 Å². The largest absolute Gasteiger partial charge is 0.381 e. The van der Waals surface area contributed by atoms with Gasteiger partial charge in [-0.2, -0.15) is 0 Å². The second-order valence-corrected chi connectivity index (χ2v) is 3.28. The summed E-state index contributed by atoms with van der Waals surface area (Å²) < 4.78 is 15.9. The van der Waals surface area contributed by atoms with Crippen LogP contribution in [0.25, 0.3) is 0 Å². The van der Waals surface area contributed by atoms with Gasteiger partial charge in [0.15, 0.2) is 0 Å². The number of methoxy groups -OCH3 is 3. The van der Waals surface area contributed by atoms with Crippen molar-refractivity contribution in [2.24, 2.45) is 0 Å². The van der Waals surface area contributed by atoms with Crippen LogP contribution in [-0.4, -0.2) is 39.6 Å². The lowest BCUT2D eigenvalue weighted by atomic mass is 9.92. The Morgan fingerprint density at radius 2 is 0.917 bits per heavy atom. The van der Waals surface area contributed by atoms with Crippen molar-refractivity contribution < 1.29 is 14.2 Å². The molecule has 0 aromatic heterocycles. The first-order valence-corrected chi connectivity index (χ1v) is 4.38. The third-order valence-electron chi connectivity index (χ3n) is 2.58. The van der Waals surface area contributed by atoms with Gasteiger partial charge in [-0.25, -0.2) is 0 Å². The van der Waals surface area contributed by atoms with E-state index in [0.29, 0.717) is 18.3 Å². The quantitative estimate of drug-likeness (QED) is 0.643. The Morgan fingerprint density at radius 1 is 0.667 bits per heavy atom. The summed E-state index contributed by atoms with van der Waals surface area (Å²) in [6.45, 7) is 0. The van der Waals surface area contributed by atoms with Crippen LogP contribution in [-0.2, 0) is 14.2 Å². The van der Waals surface area contributed by atoms with Crippen molar-refractivity contribution in [3.8, 4) is 0 Å². The molecule has 0 bridgehead atoms. The summed E-state index contributed by atoms with van der Waals surface area (Å²) in [5, 5.41) is 0. The lowest BCUT2D eigenvalue weighted by Gasteiger charge is -2.32. The van der Waals surface area contributed by atoms with E-state index < -0.39 is 0 Å². The maximum Gasteiger partial charge on any atom is 0.0620 e. The Balaban J connectivity index is 2.41. The lowest BCUT2D eigenvalue weighted by molar-refractivity contribution is -0.0694. The van der Waals surface area contributed by atoms with Gasteiger partial charge in [0.25, 0.3) is 0 Å². The molecule has 0 aromatic rings. The van der Waals surface area contributed by atoms with Crippen LogP contribution in [0.1, 0.15) is 19.3 Å². The first kappa shape index (κ1) is 9.96. The number of hydrogen-bond donors (Lipinski definition) is 0. The van der Waals surface area contributed by atoms with Crippen LogP contribution in [0.2, 0.25) is 0 Å². The van der Waals surface area contributed by atoms with Crippen LogP contribution in [0, 0.1) is 0 Å². The molecule has 1 aliphatic rings. The zero-order valence-electron chi connectivity index (χ0n) is 8.08. The molecule has 3 nitrogen and oxygen atoms in total. The Labute approximate surface area is 74.0 Å². The van der Waals surface area contributed by atoms with E-state index in [0.717, 1.165) is 19.3 Å². The van der Waals surface area contributed by atoms with Crippen LogP contribution >= 0.6 is 0 Å². The average molecular weight is 174 g/mol. The molecule has 0 radical (unpaired) electrons. The van der Waals surface area contributed by atoms with E-state index in [1.165, 1.54) is 0 Å². The highest BCUT2D eigenvalue weighted by Gasteiger charge is 2.28. The highest BCUT2D eigenvalue weighted by Crippen LogP contribution is 2.24. The molecule has 0 spiro atoms. The molecule has 0 unspecified atom stereocenters. The molecule has 1 saturated carbocycles. The van der Waals surface area contributed by atoms with Crippen LogP contribution in [0.3, 0.4) is 0 Å². The Bertz CT molecular complexity index is 97.2. The second kappa shape index (κ2) is 4.80. The van der Waals surface area contributed by atoms with Gasteiger partial charge in [-0.1, -0.05) is 0 Å². The summed E-state index contributed by atoms with van der Waals surface area (Å²) in [4.78, 5) is 0. The van der Waals surface area contributed by atoms with Crippen LogP contribution in [0.4, 0.5) is 0 Å². The van der Waals surface area contributed by atoms with Gasteiger partial charge in [-0.3, -0.25) is 0 Å². The maximum atomic E-state index is 5.30. The minimum Gasteiger partial charge on any atom is -0.381 e. The number of rotatable bonds is 3. The second-order valence-electron chi connectivity index (χ2n) is 3.28.